The zero-order valence-electron chi connectivity index (χ0n) is 10.7. The molecule has 19 heavy (non-hydrogen) atoms. The van der Waals surface area contributed by atoms with Crippen LogP contribution in [0.4, 0.5) is 0 Å². The minimum absolute atomic E-state index is 0.735. The Kier molecular flexibility index (Phi) is 3.09. The highest BCUT2D eigenvalue weighted by Gasteiger charge is 2.14. The Balaban J connectivity index is 2.21. The third-order valence-electron chi connectivity index (χ3n) is 2.92. The van der Waals surface area contributed by atoms with Crippen molar-refractivity contribution in [2.45, 2.75) is 0 Å². The normalized spacial score (nSPS) is 10.6. The van der Waals surface area contributed by atoms with Crippen LogP contribution in [0.1, 0.15) is 0 Å². The van der Waals surface area contributed by atoms with Gasteiger partial charge in [0.05, 0.1) is 19.7 Å². The fraction of sp³-hybridized carbons (Fsp3) is 0.133. The van der Waals surface area contributed by atoms with Gasteiger partial charge in [-0.3, -0.25) is 0 Å². The summed E-state index contributed by atoms with van der Waals surface area (Å²) in [5.74, 6) is 1.48. The minimum atomic E-state index is 0.735. The molecule has 3 nitrogen and oxygen atoms in total. The second-order valence-electron chi connectivity index (χ2n) is 4.03. The van der Waals surface area contributed by atoms with Crippen LogP contribution >= 0.6 is 11.3 Å². The molecule has 96 valence electrons. The van der Waals surface area contributed by atoms with Gasteiger partial charge in [-0.05, 0) is 12.1 Å². The topological polar surface area (TPSA) is 31.4 Å². The summed E-state index contributed by atoms with van der Waals surface area (Å²) in [5, 5.41) is 0.988. The lowest BCUT2D eigenvalue weighted by atomic mass is 10.2. The average Bonchev–Trinajstić information content (AvgIpc) is 2.91. The first kappa shape index (κ1) is 12.0. The van der Waals surface area contributed by atoms with E-state index in [9.17, 15) is 0 Å². The molecule has 0 fully saturated rings. The molecule has 2 aromatic carbocycles. The maximum absolute atomic E-state index is 5.44. The van der Waals surface area contributed by atoms with Gasteiger partial charge in [0.15, 0.2) is 11.5 Å². The first-order chi connectivity index (χ1) is 9.33. The number of nitrogens with zero attached hydrogens (tertiary/aromatic N) is 1. The summed E-state index contributed by atoms with van der Waals surface area (Å²) in [4.78, 5) is 4.65. The van der Waals surface area contributed by atoms with Crippen LogP contribution in [-0.4, -0.2) is 19.2 Å². The Morgan fingerprint density at radius 1 is 0.947 bits per heavy atom. The van der Waals surface area contributed by atoms with Gasteiger partial charge >= 0.3 is 0 Å². The monoisotopic (exact) mass is 271 g/mol. The van der Waals surface area contributed by atoms with Crippen LogP contribution in [0.2, 0.25) is 0 Å². The maximum Gasteiger partial charge on any atom is 0.180 e. The quantitative estimate of drug-likeness (QED) is 0.722. The molecule has 3 aromatic rings. The molecule has 0 bridgehead atoms. The Morgan fingerprint density at radius 3 is 2.42 bits per heavy atom. The van der Waals surface area contributed by atoms with Crippen molar-refractivity contribution in [2.75, 3.05) is 14.2 Å². The number of thiazole rings is 1. The lowest BCUT2D eigenvalue weighted by Crippen LogP contribution is -1.89. The van der Waals surface area contributed by atoms with E-state index in [1.165, 1.54) is 0 Å². The summed E-state index contributed by atoms with van der Waals surface area (Å²) in [7, 11) is 3.29. The molecule has 0 aliphatic heterocycles. The fourth-order valence-electron chi connectivity index (χ4n) is 2.01. The maximum atomic E-state index is 5.44. The Labute approximate surface area is 115 Å². The number of rotatable bonds is 3. The van der Waals surface area contributed by atoms with Gasteiger partial charge in [0.2, 0.25) is 0 Å². The molecule has 4 heteroatoms. The molecule has 0 N–H and O–H groups in total. The van der Waals surface area contributed by atoms with E-state index in [2.05, 4.69) is 17.1 Å². The second-order valence-corrected chi connectivity index (χ2v) is 5.03. The summed E-state index contributed by atoms with van der Waals surface area (Å²) in [6.07, 6.45) is 0. The highest BCUT2D eigenvalue weighted by atomic mass is 32.1. The molecule has 0 aliphatic carbocycles. The van der Waals surface area contributed by atoms with E-state index >= 15 is 0 Å². The van der Waals surface area contributed by atoms with Crippen LogP contribution in [0.15, 0.2) is 42.5 Å². The van der Waals surface area contributed by atoms with Crippen molar-refractivity contribution in [1.82, 2.24) is 4.98 Å². The number of benzene rings is 2. The highest BCUT2D eigenvalue weighted by Crippen LogP contribution is 2.41. The third kappa shape index (κ3) is 2.04. The Hall–Kier alpha value is -2.07. The summed E-state index contributed by atoms with van der Waals surface area (Å²) in [6.45, 7) is 0. The van der Waals surface area contributed by atoms with Gasteiger partial charge in [0.25, 0.3) is 0 Å². The first-order valence-corrected chi connectivity index (χ1v) is 6.72. The van der Waals surface area contributed by atoms with E-state index in [4.69, 9.17) is 9.47 Å². The van der Waals surface area contributed by atoms with E-state index in [0.29, 0.717) is 0 Å². The van der Waals surface area contributed by atoms with Crippen molar-refractivity contribution in [3.05, 3.63) is 42.5 Å². The number of fused-ring (bicyclic) bond motifs is 1. The number of ether oxygens (including phenoxy) is 2. The van der Waals surface area contributed by atoms with Crippen molar-refractivity contribution >= 4 is 21.6 Å². The predicted molar refractivity (Wildman–Crippen MR) is 78.2 cm³/mol. The number of aromatic nitrogens is 1. The summed E-state index contributed by atoms with van der Waals surface area (Å²) < 4.78 is 11.8. The average molecular weight is 271 g/mol. The Morgan fingerprint density at radius 2 is 1.74 bits per heavy atom. The lowest BCUT2D eigenvalue weighted by Gasteiger charge is -2.06. The molecule has 0 saturated carbocycles. The molecule has 0 amide bonds. The van der Waals surface area contributed by atoms with Crippen molar-refractivity contribution < 1.29 is 9.47 Å². The number of methoxy groups -OCH3 is 2. The molecule has 0 spiro atoms. The van der Waals surface area contributed by atoms with Crippen LogP contribution in [0.5, 0.6) is 11.5 Å². The fourth-order valence-corrected chi connectivity index (χ4v) is 3.09. The van der Waals surface area contributed by atoms with Crippen LogP contribution in [0.3, 0.4) is 0 Å². The van der Waals surface area contributed by atoms with Gasteiger partial charge in [-0.25, -0.2) is 4.98 Å². The number of hydrogen-bond acceptors (Lipinski definition) is 4. The molecule has 0 radical (unpaired) electrons. The van der Waals surface area contributed by atoms with E-state index in [0.717, 1.165) is 32.3 Å². The molecule has 0 saturated heterocycles. The van der Waals surface area contributed by atoms with E-state index in [-0.39, 0.29) is 0 Å². The van der Waals surface area contributed by atoms with Crippen LogP contribution < -0.4 is 9.47 Å². The van der Waals surface area contributed by atoms with Crippen LogP contribution in [0.25, 0.3) is 20.8 Å². The van der Waals surface area contributed by atoms with Gasteiger partial charge in [-0.1, -0.05) is 30.3 Å². The molecule has 0 aliphatic rings. The summed E-state index contributed by atoms with van der Waals surface area (Å²) in [6, 6.07) is 14.0. The zero-order chi connectivity index (χ0) is 13.2. The molecule has 0 atom stereocenters. The van der Waals surface area contributed by atoms with Crippen molar-refractivity contribution in [3.8, 4) is 22.1 Å². The molecule has 1 aromatic heterocycles. The lowest BCUT2D eigenvalue weighted by molar-refractivity contribution is 0.359. The smallest absolute Gasteiger partial charge is 0.180 e. The van der Waals surface area contributed by atoms with Crippen molar-refractivity contribution in [2.24, 2.45) is 0 Å². The largest absolute Gasteiger partial charge is 0.493 e. The molecule has 0 unspecified atom stereocenters. The minimum Gasteiger partial charge on any atom is -0.493 e. The van der Waals surface area contributed by atoms with Crippen molar-refractivity contribution in [3.63, 3.8) is 0 Å². The summed E-state index contributed by atoms with van der Waals surface area (Å²) >= 11 is 1.61. The predicted octanol–water partition coefficient (Wildman–Crippen LogP) is 3.98. The van der Waals surface area contributed by atoms with E-state index < -0.39 is 0 Å². The van der Waals surface area contributed by atoms with Gasteiger partial charge in [-0.15, -0.1) is 11.3 Å². The van der Waals surface area contributed by atoms with E-state index in [1.54, 1.807) is 25.6 Å². The molecule has 1 heterocycles. The third-order valence-corrected chi connectivity index (χ3v) is 4.04. The summed E-state index contributed by atoms with van der Waals surface area (Å²) in [5.41, 5.74) is 2.05. The van der Waals surface area contributed by atoms with Crippen molar-refractivity contribution in [1.29, 1.82) is 0 Å². The van der Waals surface area contributed by atoms with Gasteiger partial charge in [0.1, 0.15) is 9.71 Å². The van der Waals surface area contributed by atoms with Gasteiger partial charge < -0.3 is 9.47 Å². The first-order valence-electron chi connectivity index (χ1n) is 5.90. The highest BCUT2D eigenvalue weighted by molar-refractivity contribution is 7.22. The zero-order valence-corrected chi connectivity index (χ0v) is 11.5. The SMILES string of the molecule is COc1ccc2nc(-c3ccccc3)sc2c1OC. The molecular formula is C15H13NO2S. The van der Waals surface area contributed by atoms with Crippen LogP contribution in [0, 0.1) is 0 Å². The van der Waals surface area contributed by atoms with Crippen LogP contribution in [-0.2, 0) is 0 Å². The van der Waals surface area contributed by atoms with Gasteiger partial charge in [0, 0.05) is 5.56 Å². The number of hydrogen-bond donors (Lipinski definition) is 0. The Bertz CT molecular complexity index is 707. The molecular weight excluding hydrogens is 258 g/mol. The second kappa shape index (κ2) is 4.90. The molecule has 3 rings (SSSR count). The van der Waals surface area contributed by atoms with Gasteiger partial charge in [-0.2, -0.15) is 0 Å². The van der Waals surface area contributed by atoms with E-state index in [1.807, 2.05) is 30.3 Å². The standard InChI is InChI=1S/C15H13NO2S/c1-17-12-9-8-11-14(13(12)18-2)19-15(16-11)10-6-4-3-5-7-10/h3-9H,1-2H3.